The number of hydrogen-bond donors (Lipinski definition) is 1. The summed E-state index contributed by atoms with van der Waals surface area (Å²) >= 11 is 0. The van der Waals surface area contributed by atoms with Gasteiger partial charge < -0.3 is 10.1 Å². The Labute approximate surface area is 186 Å². The number of nitrogens with zero attached hydrogens (tertiary/aromatic N) is 2. The van der Waals surface area contributed by atoms with Crippen molar-refractivity contribution >= 4 is 5.91 Å². The van der Waals surface area contributed by atoms with Gasteiger partial charge in [-0.15, -0.1) is 0 Å². The zero-order valence-corrected chi connectivity index (χ0v) is 17.9. The van der Waals surface area contributed by atoms with Crippen LogP contribution in [0.15, 0.2) is 48.7 Å². The number of halogens is 3. The summed E-state index contributed by atoms with van der Waals surface area (Å²) in [6.07, 6.45) is 0.555. The number of nitrogens with one attached hydrogen (secondary N) is 1. The highest BCUT2D eigenvalue weighted by Gasteiger charge is 2.41. The van der Waals surface area contributed by atoms with Gasteiger partial charge in [0.15, 0.2) is 0 Å². The van der Waals surface area contributed by atoms with Crippen molar-refractivity contribution in [3.8, 4) is 0 Å². The molecule has 2 aliphatic heterocycles. The molecule has 2 fully saturated rings. The first-order chi connectivity index (χ1) is 15.3. The Hall–Kier alpha value is -2.45. The molecule has 8 heteroatoms. The minimum absolute atomic E-state index is 0.177. The van der Waals surface area contributed by atoms with Crippen molar-refractivity contribution in [2.45, 2.75) is 44.0 Å². The monoisotopic (exact) mass is 447 g/mol. The Kier molecular flexibility index (Phi) is 6.81. The van der Waals surface area contributed by atoms with Gasteiger partial charge in [-0.1, -0.05) is 24.3 Å². The van der Waals surface area contributed by atoms with Gasteiger partial charge in [0.1, 0.15) is 5.69 Å². The standard InChI is InChI=1S/C24H28F3N3O2/c25-24(26,27)20-6-2-1-5-19(20)17-30-12-9-23(10-13-30)15-18(8-14-32-23)16-29-22(31)21-7-3-4-11-28-21/h1-7,11,18H,8-10,12-17H2,(H,29,31). The maximum Gasteiger partial charge on any atom is 0.416 e. The van der Waals surface area contributed by atoms with Gasteiger partial charge in [0, 0.05) is 39.0 Å². The van der Waals surface area contributed by atoms with Crippen molar-refractivity contribution in [2.24, 2.45) is 5.92 Å². The van der Waals surface area contributed by atoms with Crippen molar-refractivity contribution in [1.29, 1.82) is 0 Å². The molecule has 1 amide bonds. The molecule has 4 rings (SSSR count). The number of rotatable bonds is 5. The van der Waals surface area contributed by atoms with Crippen LogP contribution in [0.2, 0.25) is 0 Å². The molecule has 2 aliphatic rings. The van der Waals surface area contributed by atoms with Crippen LogP contribution in [-0.4, -0.2) is 47.6 Å². The van der Waals surface area contributed by atoms with Crippen LogP contribution in [0.3, 0.4) is 0 Å². The largest absolute Gasteiger partial charge is 0.416 e. The molecule has 1 aromatic carbocycles. The molecule has 3 heterocycles. The molecule has 1 aromatic heterocycles. The van der Waals surface area contributed by atoms with Crippen molar-refractivity contribution < 1.29 is 22.7 Å². The average molecular weight is 448 g/mol. The lowest BCUT2D eigenvalue weighted by molar-refractivity contribution is -0.139. The quantitative estimate of drug-likeness (QED) is 0.743. The molecular weight excluding hydrogens is 419 g/mol. The molecular formula is C24H28F3N3O2. The fourth-order valence-corrected chi connectivity index (χ4v) is 4.77. The predicted molar refractivity (Wildman–Crippen MR) is 114 cm³/mol. The molecule has 1 spiro atoms. The minimum atomic E-state index is -4.34. The number of benzene rings is 1. The molecule has 0 bridgehead atoms. The van der Waals surface area contributed by atoms with Gasteiger partial charge in [0.05, 0.1) is 11.2 Å². The fourth-order valence-electron chi connectivity index (χ4n) is 4.77. The lowest BCUT2D eigenvalue weighted by Crippen LogP contribution is -2.50. The van der Waals surface area contributed by atoms with Gasteiger partial charge in [-0.05, 0) is 55.4 Å². The van der Waals surface area contributed by atoms with E-state index >= 15 is 0 Å². The van der Waals surface area contributed by atoms with E-state index in [9.17, 15) is 18.0 Å². The highest BCUT2D eigenvalue weighted by atomic mass is 19.4. The highest BCUT2D eigenvalue weighted by Crippen LogP contribution is 2.38. The smallest absolute Gasteiger partial charge is 0.375 e. The summed E-state index contributed by atoms with van der Waals surface area (Å²) in [5, 5.41) is 2.98. The summed E-state index contributed by atoms with van der Waals surface area (Å²) in [5.74, 6) is 0.137. The highest BCUT2D eigenvalue weighted by molar-refractivity contribution is 5.92. The van der Waals surface area contributed by atoms with Crippen LogP contribution >= 0.6 is 0 Å². The van der Waals surface area contributed by atoms with Crippen LogP contribution in [-0.2, 0) is 17.5 Å². The third kappa shape index (κ3) is 5.48. The van der Waals surface area contributed by atoms with Crippen molar-refractivity contribution in [3.63, 3.8) is 0 Å². The number of carbonyl (C=O) groups is 1. The van der Waals surface area contributed by atoms with Gasteiger partial charge in [-0.3, -0.25) is 14.7 Å². The molecule has 32 heavy (non-hydrogen) atoms. The van der Waals surface area contributed by atoms with Gasteiger partial charge in [0.25, 0.3) is 5.91 Å². The average Bonchev–Trinajstić information content (AvgIpc) is 2.80. The van der Waals surface area contributed by atoms with E-state index in [0.29, 0.717) is 43.4 Å². The van der Waals surface area contributed by atoms with Crippen molar-refractivity contribution in [1.82, 2.24) is 15.2 Å². The number of aromatic nitrogens is 1. The topological polar surface area (TPSA) is 54.5 Å². The summed E-state index contributed by atoms with van der Waals surface area (Å²) in [6.45, 7) is 2.89. The molecule has 1 atom stereocenters. The van der Waals surface area contributed by atoms with Gasteiger partial charge in [-0.25, -0.2) is 0 Å². The summed E-state index contributed by atoms with van der Waals surface area (Å²) in [6, 6.07) is 11.0. The zero-order valence-electron chi connectivity index (χ0n) is 17.9. The second kappa shape index (κ2) is 9.58. The van der Waals surface area contributed by atoms with Gasteiger partial charge >= 0.3 is 6.18 Å². The van der Waals surface area contributed by atoms with E-state index in [-0.39, 0.29) is 18.1 Å². The van der Waals surface area contributed by atoms with Gasteiger partial charge in [0.2, 0.25) is 0 Å². The first kappa shape index (κ1) is 22.7. The third-order valence-electron chi connectivity index (χ3n) is 6.53. The maximum absolute atomic E-state index is 13.3. The third-order valence-corrected chi connectivity index (χ3v) is 6.53. The molecule has 2 saturated heterocycles. The Bertz CT molecular complexity index is 912. The number of carbonyl (C=O) groups excluding carboxylic acids is 1. The molecule has 2 aromatic rings. The van der Waals surface area contributed by atoms with Crippen LogP contribution in [0.25, 0.3) is 0 Å². The Morgan fingerprint density at radius 3 is 2.62 bits per heavy atom. The lowest BCUT2D eigenvalue weighted by atomic mass is 9.79. The summed E-state index contributed by atoms with van der Waals surface area (Å²) in [4.78, 5) is 18.4. The lowest BCUT2D eigenvalue weighted by Gasteiger charge is -2.46. The van der Waals surface area contributed by atoms with E-state index in [1.165, 1.54) is 6.07 Å². The van der Waals surface area contributed by atoms with Crippen LogP contribution in [0, 0.1) is 5.92 Å². The van der Waals surface area contributed by atoms with Crippen molar-refractivity contribution in [2.75, 3.05) is 26.2 Å². The first-order valence-corrected chi connectivity index (χ1v) is 11.1. The normalized spacial score (nSPS) is 21.4. The van der Waals surface area contributed by atoms with E-state index in [1.54, 1.807) is 36.5 Å². The second-order valence-corrected chi connectivity index (χ2v) is 8.75. The summed E-state index contributed by atoms with van der Waals surface area (Å²) in [5.41, 5.74) is -0.0890. The molecule has 1 N–H and O–H groups in total. The number of ether oxygens (including phenoxy) is 1. The maximum atomic E-state index is 13.3. The van der Waals surface area contributed by atoms with Crippen LogP contribution < -0.4 is 5.32 Å². The molecule has 172 valence electrons. The molecule has 5 nitrogen and oxygen atoms in total. The Balaban J connectivity index is 1.30. The van der Waals surface area contributed by atoms with E-state index in [0.717, 1.165) is 31.7 Å². The van der Waals surface area contributed by atoms with Crippen LogP contribution in [0.5, 0.6) is 0 Å². The minimum Gasteiger partial charge on any atom is -0.375 e. The number of piperidine rings is 1. The Morgan fingerprint density at radius 1 is 1.16 bits per heavy atom. The van der Waals surface area contributed by atoms with Gasteiger partial charge in [-0.2, -0.15) is 13.2 Å². The Morgan fingerprint density at radius 2 is 1.91 bits per heavy atom. The molecule has 0 radical (unpaired) electrons. The number of likely N-dealkylation sites (tertiary alicyclic amines) is 1. The number of pyridine rings is 1. The van der Waals surface area contributed by atoms with Crippen LogP contribution in [0.4, 0.5) is 13.2 Å². The number of hydrogen-bond acceptors (Lipinski definition) is 4. The molecule has 0 aliphatic carbocycles. The second-order valence-electron chi connectivity index (χ2n) is 8.75. The van der Waals surface area contributed by atoms with Crippen LogP contribution in [0.1, 0.15) is 47.3 Å². The number of alkyl halides is 3. The zero-order chi connectivity index (χ0) is 22.6. The summed E-state index contributed by atoms with van der Waals surface area (Å²) in [7, 11) is 0. The predicted octanol–water partition coefficient (Wildman–Crippen LogP) is 4.29. The number of amides is 1. The molecule has 0 saturated carbocycles. The van der Waals surface area contributed by atoms with E-state index in [1.807, 2.05) is 0 Å². The van der Waals surface area contributed by atoms with E-state index < -0.39 is 11.7 Å². The summed E-state index contributed by atoms with van der Waals surface area (Å²) < 4.78 is 46.1. The van der Waals surface area contributed by atoms with E-state index in [4.69, 9.17) is 4.74 Å². The van der Waals surface area contributed by atoms with Crippen molar-refractivity contribution in [3.05, 3.63) is 65.5 Å². The van der Waals surface area contributed by atoms with E-state index in [2.05, 4.69) is 15.2 Å². The fraction of sp³-hybridized carbons (Fsp3) is 0.500. The molecule has 1 unspecified atom stereocenters. The first-order valence-electron chi connectivity index (χ1n) is 11.1. The SMILES string of the molecule is O=C(NCC1CCOC2(CCN(Cc3ccccc3C(F)(F)F)CC2)C1)c1ccccn1.